The van der Waals surface area contributed by atoms with E-state index in [9.17, 15) is 4.79 Å². The predicted octanol–water partition coefficient (Wildman–Crippen LogP) is 3.76. The molecule has 0 saturated heterocycles. The van der Waals surface area contributed by atoms with Crippen molar-refractivity contribution in [2.24, 2.45) is 7.05 Å². The molecule has 0 bridgehead atoms. The van der Waals surface area contributed by atoms with Gasteiger partial charge in [-0.05, 0) is 12.1 Å². The van der Waals surface area contributed by atoms with Crippen LogP contribution in [-0.2, 0) is 13.5 Å². The smallest absolute Gasteiger partial charge is 0.170 e. The second-order valence-corrected chi connectivity index (χ2v) is 5.52. The van der Waals surface area contributed by atoms with Crippen LogP contribution in [0.2, 0.25) is 0 Å². The highest BCUT2D eigenvalue weighted by atomic mass is 79.9. The number of hydrogen-bond acceptors (Lipinski definition) is 2. The first-order valence-corrected chi connectivity index (χ1v) is 7.14. The first-order chi connectivity index (χ1) is 9.66. The first kappa shape index (κ1) is 13.1. The van der Waals surface area contributed by atoms with Gasteiger partial charge in [-0.1, -0.05) is 52.3 Å². The normalized spacial score (nSPS) is 10.9. The van der Waals surface area contributed by atoms with Crippen LogP contribution >= 0.6 is 15.9 Å². The number of carbonyl (C=O) groups excluding carboxylic acids is 1. The molecule has 0 spiro atoms. The molecule has 3 aromatic rings. The highest BCUT2D eigenvalue weighted by Crippen LogP contribution is 2.22. The van der Waals surface area contributed by atoms with E-state index in [1.54, 1.807) is 0 Å². The number of nitrogens with zero attached hydrogens (tertiary/aromatic N) is 2. The van der Waals surface area contributed by atoms with Crippen molar-refractivity contribution < 1.29 is 4.79 Å². The molecule has 0 aliphatic heterocycles. The number of Topliss-reactive ketones (excluding diaryl/α,β-unsaturated/α-hetero) is 1. The molecule has 1 heterocycles. The zero-order chi connectivity index (χ0) is 14.1. The molecular weight excluding hydrogens is 316 g/mol. The topological polar surface area (TPSA) is 34.9 Å². The van der Waals surface area contributed by atoms with E-state index in [1.165, 1.54) is 0 Å². The quantitative estimate of drug-likeness (QED) is 0.686. The van der Waals surface area contributed by atoms with E-state index in [2.05, 4.69) is 21.0 Å². The van der Waals surface area contributed by atoms with Crippen molar-refractivity contribution >= 4 is 32.6 Å². The maximum absolute atomic E-state index is 12.4. The molecule has 0 radical (unpaired) electrons. The van der Waals surface area contributed by atoms with Crippen molar-refractivity contribution in [1.82, 2.24) is 9.78 Å². The molecule has 3 rings (SSSR count). The molecule has 0 N–H and O–H groups in total. The highest BCUT2D eigenvalue weighted by Gasteiger charge is 2.15. The van der Waals surface area contributed by atoms with Crippen LogP contribution in [-0.4, -0.2) is 15.6 Å². The zero-order valence-corrected chi connectivity index (χ0v) is 12.6. The number of hydrogen-bond donors (Lipinski definition) is 0. The summed E-state index contributed by atoms with van der Waals surface area (Å²) < 4.78 is 2.64. The summed E-state index contributed by atoms with van der Waals surface area (Å²) in [6, 6.07) is 15.4. The average molecular weight is 329 g/mol. The van der Waals surface area contributed by atoms with Gasteiger partial charge in [0.1, 0.15) is 0 Å². The van der Waals surface area contributed by atoms with Crippen molar-refractivity contribution in [3.8, 4) is 0 Å². The number of rotatable bonds is 3. The Kier molecular flexibility index (Phi) is 3.40. The average Bonchev–Trinajstić information content (AvgIpc) is 2.76. The van der Waals surface area contributed by atoms with Crippen LogP contribution in [0.25, 0.3) is 10.9 Å². The van der Waals surface area contributed by atoms with Crippen molar-refractivity contribution in [1.29, 1.82) is 0 Å². The molecule has 4 heteroatoms. The van der Waals surface area contributed by atoms with Gasteiger partial charge in [-0.15, -0.1) is 0 Å². The SMILES string of the molecule is Cn1nc(CC(=O)c2ccccc2Br)c2ccccc21. The summed E-state index contributed by atoms with van der Waals surface area (Å²) in [7, 11) is 1.90. The van der Waals surface area contributed by atoms with Crippen LogP contribution in [0, 0.1) is 0 Å². The lowest BCUT2D eigenvalue weighted by molar-refractivity contribution is 0.0991. The van der Waals surface area contributed by atoms with Gasteiger partial charge < -0.3 is 0 Å². The van der Waals surface area contributed by atoms with Crippen LogP contribution < -0.4 is 0 Å². The van der Waals surface area contributed by atoms with Crippen LogP contribution in [0.5, 0.6) is 0 Å². The molecular formula is C16H13BrN2O. The minimum absolute atomic E-state index is 0.0707. The lowest BCUT2D eigenvalue weighted by atomic mass is 10.0. The molecule has 0 amide bonds. The Bertz CT molecular complexity index is 792. The highest BCUT2D eigenvalue weighted by molar-refractivity contribution is 9.10. The Labute approximate surface area is 125 Å². The number of ketones is 1. The van der Waals surface area contributed by atoms with Crippen molar-refractivity contribution in [2.75, 3.05) is 0 Å². The number of benzene rings is 2. The van der Waals surface area contributed by atoms with Gasteiger partial charge in [-0.2, -0.15) is 5.10 Å². The van der Waals surface area contributed by atoms with Crippen molar-refractivity contribution in [3.05, 3.63) is 64.3 Å². The van der Waals surface area contributed by atoms with Gasteiger partial charge in [0.05, 0.1) is 17.6 Å². The maximum atomic E-state index is 12.4. The predicted molar refractivity (Wildman–Crippen MR) is 82.9 cm³/mol. The summed E-state index contributed by atoms with van der Waals surface area (Å²) in [5, 5.41) is 5.50. The Morgan fingerprint density at radius 1 is 1.15 bits per heavy atom. The van der Waals surface area contributed by atoms with E-state index < -0.39 is 0 Å². The third kappa shape index (κ3) is 2.27. The van der Waals surface area contributed by atoms with E-state index in [4.69, 9.17) is 0 Å². The second kappa shape index (κ2) is 5.21. The molecule has 0 aliphatic rings. The van der Waals surface area contributed by atoms with Crippen LogP contribution in [0.1, 0.15) is 16.1 Å². The molecule has 3 nitrogen and oxygen atoms in total. The Balaban J connectivity index is 1.98. The van der Waals surface area contributed by atoms with E-state index >= 15 is 0 Å². The molecule has 0 unspecified atom stereocenters. The number of para-hydroxylation sites is 1. The van der Waals surface area contributed by atoms with Gasteiger partial charge >= 0.3 is 0 Å². The third-order valence-corrected chi connectivity index (χ3v) is 4.03. The van der Waals surface area contributed by atoms with Crippen molar-refractivity contribution in [2.45, 2.75) is 6.42 Å². The van der Waals surface area contributed by atoms with Crippen LogP contribution in [0.15, 0.2) is 53.0 Å². The Hall–Kier alpha value is -1.94. The van der Waals surface area contributed by atoms with Gasteiger partial charge in [-0.25, -0.2) is 0 Å². The van der Waals surface area contributed by atoms with E-state index in [0.29, 0.717) is 12.0 Å². The molecule has 100 valence electrons. The fourth-order valence-corrected chi connectivity index (χ4v) is 2.86. The standard InChI is InChI=1S/C16H13BrN2O/c1-19-15-9-5-3-7-12(15)14(18-19)10-16(20)11-6-2-4-8-13(11)17/h2-9H,10H2,1H3. The maximum Gasteiger partial charge on any atom is 0.170 e. The van der Waals surface area contributed by atoms with Gasteiger partial charge in [0.25, 0.3) is 0 Å². The number of carbonyl (C=O) groups is 1. The lowest BCUT2D eigenvalue weighted by Gasteiger charge is -2.02. The molecule has 0 saturated carbocycles. The van der Waals surface area contributed by atoms with Crippen LogP contribution in [0.3, 0.4) is 0 Å². The molecule has 0 atom stereocenters. The largest absolute Gasteiger partial charge is 0.294 e. The van der Waals surface area contributed by atoms with Gasteiger partial charge in [-0.3, -0.25) is 9.48 Å². The van der Waals surface area contributed by atoms with Gasteiger partial charge in [0, 0.05) is 22.5 Å². The fourth-order valence-electron chi connectivity index (χ4n) is 2.35. The molecule has 0 aliphatic carbocycles. The Morgan fingerprint density at radius 2 is 1.85 bits per heavy atom. The number of fused-ring (bicyclic) bond motifs is 1. The summed E-state index contributed by atoms with van der Waals surface area (Å²) in [6.45, 7) is 0. The minimum Gasteiger partial charge on any atom is -0.294 e. The first-order valence-electron chi connectivity index (χ1n) is 6.35. The van der Waals surface area contributed by atoms with E-state index in [-0.39, 0.29) is 5.78 Å². The third-order valence-electron chi connectivity index (χ3n) is 3.34. The van der Waals surface area contributed by atoms with E-state index in [1.807, 2.05) is 60.3 Å². The number of halogens is 1. The molecule has 20 heavy (non-hydrogen) atoms. The lowest BCUT2D eigenvalue weighted by Crippen LogP contribution is -2.05. The molecule has 1 aromatic heterocycles. The number of aryl methyl sites for hydroxylation is 1. The van der Waals surface area contributed by atoms with Crippen molar-refractivity contribution in [3.63, 3.8) is 0 Å². The van der Waals surface area contributed by atoms with E-state index in [0.717, 1.165) is 21.1 Å². The summed E-state index contributed by atoms with van der Waals surface area (Å²) in [4.78, 5) is 12.4. The summed E-state index contributed by atoms with van der Waals surface area (Å²) in [6.07, 6.45) is 0.309. The Morgan fingerprint density at radius 3 is 2.65 bits per heavy atom. The minimum atomic E-state index is 0.0707. The fraction of sp³-hybridized carbons (Fsp3) is 0.125. The molecule has 0 fully saturated rings. The van der Waals surface area contributed by atoms with Gasteiger partial charge in [0.2, 0.25) is 0 Å². The molecule has 2 aromatic carbocycles. The summed E-state index contributed by atoms with van der Waals surface area (Å²) in [5.74, 6) is 0.0707. The van der Waals surface area contributed by atoms with Crippen LogP contribution in [0.4, 0.5) is 0 Å². The monoisotopic (exact) mass is 328 g/mol. The summed E-state index contributed by atoms with van der Waals surface area (Å²) >= 11 is 3.42. The zero-order valence-electron chi connectivity index (χ0n) is 11.0. The van der Waals surface area contributed by atoms with Gasteiger partial charge in [0.15, 0.2) is 5.78 Å². The summed E-state index contributed by atoms with van der Waals surface area (Å²) in [5.41, 5.74) is 2.56. The number of aromatic nitrogens is 2. The second-order valence-electron chi connectivity index (χ2n) is 4.67.